The van der Waals surface area contributed by atoms with Crippen molar-refractivity contribution >= 4 is 39.3 Å². The fourth-order valence-electron chi connectivity index (χ4n) is 3.81. The van der Waals surface area contributed by atoms with Crippen LogP contribution in [0.2, 0.25) is 0 Å². The average Bonchev–Trinajstić information content (AvgIpc) is 2.75. The summed E-state index contributed by atoms with van der Waals surface area (Å²) in [5.74, 6) is -1.24. The summed E-state index contributed by atoms with van der Waals surface area (Å²) < 4.78 is 0. The van der Waals surface area contributed by atoms with Gasteiger partial charge in [-0.05, 0) is 29.7 Å². The third kappa shape index (κ3) is 2.05. The zero-order valence-corrected chi connectivity index (χ0v) is 14.8. The molecule has 6 heteroatoms. The van der Waals surface area contributed by atoms with E-state index in [9.17, 15) is 14.4 Å². The molecule has 5 rings (SSSR count). The molecule has 0 N–H and O–H groups in total. The Labute approximate surface area is 159 Å². The molecule has 3 heterocycles. The molecule has 0 saturated heterocycles. The first-order chi connectivity index (χ1) is 13.6. The molecule has 0 atom stereocenters. The number of carbonyl (C=O) groups is 3. The van der Waals surface area contributed by atoms with Crippen molar-refractivity contribution in [3.8, 4) is 0 Å². The Balaban J connectivity index is 2.02. The topological polar surface area (TPSA) is 80.2 Å². The lowest BCUT2D eigenvalue weighted by molar-refractivity contribution is 0.0648. The number of rotatable bonds is 2. The first-order valence-corrected chi connectivity index (χ1v) is 8.70. The number of imide groups is 1. The predicted octanol–water partition coefficient (Wildman–Crippen LogP) is 3.24. The zero-order valence-electron chi connectivity index (χ0n) is 14.8. The minimum atomic E-state index is -0.506. The number of carbonyl (C=O) groups excluding carboxylic acids is 3. The molecule has 0 radical (unpaired) electrons. The second-order valence-corrected chi connectivity index (χ2v) is 6.62. The highest BCUT2D eigenvalue weighted by Gasteiger charge is 2.36. The van der Waals surface area contributed by atoms with Gasteiger partial charge in [-0.25, -0.2) is 0 Å². The van der Waals surface area contributed by atoms with E-state index in [-0.39, 0.29) is 22.8 Å². The summed E-state index contributed by atoms with van der Waals surface area (Å²) in [5, 5.41) is 1.96. The van der Waals surface area contributed by atoms with Crippen LogP contribution < -0.4 is 0 Å². The molecule has 28 heavy (non-hydrogen) atoms. The molecule has 1 aliphatic rings. The number of hydrogen-bond donors (Lipinski definition) is 0. The van der Waals surface area contributed by atoms with Gasteiger partial charge in [-0.3, -0.25) is 29.3 Å². The van der Waals surface area contributed by atoms with Gasteiger partial charge >= 0.3 is 0 Å². The highest BCUT2D eigenvalue weighted by atomic mass is 16.2. The van der Waals surface area contributed by atoms with E-state index < -0.39 is 5.91 Å². The lowest BCUT2D eigenvalue weighted by atomic mass is 9.85. The van der Waals surface area contributed by atoms with Crippen LogP contribution in [0.5, 0.6) is 0 Å². The van der Waals surface area contributed by atoms with Crippen LogP contribution in [0.15, 0.2) is 61.1 Å². The number of pyridine rings is 2. The SMILES string of the molecule is CN1C(=O)c2cccc3c2c(c(C(=O)c2cccnc2)c2ncccc23)C1=O. The van der Waals surface area contributed by atoms with Crippen molar-refractivity contribution in [1.82, 2.24) is 14.9 Å². The Kier molecular flexibility index (Phi) is 3.36. The van der Waals surface area contributed by atoms with Crippen molar-refractivity contribution < 1.29 is 14.4 Å². The lowest BCUT2D eigenvalue weighted by Crippen LogP contribution is -2.38. The quantitative estimate of drug-likeness (QED) is 0.309. The summed E-state index contributed by atoms with van der Waals surface area (Å²) in [7, 11) is 1.42. The number of ketones is 1. The average molecular weight is 367 g/mol. The van der Waals surface area contributed by atoms with E-state index in [1.807, 2.05) is 12.1 Å². The van der Waals surface area contributed by atoms with Crippen LogP contribution in [0, 0.1) is 0 Å². The lowest BCUT2D eigenvalue weighted by Gasteiger charge is -2.26. The largest absolute Gasteiger partial charge is 0.288 e. The summed E-state index contributed by atoms with van der Waals surface area (Å²) in [6.45, 7) is 0. The molecular formula is C22H13N3O3. The van der Waals surface area contributed by atoms with Gasteiger partial charge in [0.05, 0.1) is 16.6 Å². The van der Waals surface area contributed by atoms with Gasteiger partial charge in [-0.1, -0.05) is 18.2 Å². The van der Waals surface area contributed by atoms with Gasteiger partial charge in [0, 0.05) is 47.5 Å². The van der Waals surface area contributed by atoms with Crippen LogP contribution in [-0.4, -0.2) is 39.5 Å². The number of nitrogens with zero attached hydrogens (tertiary/aromatic N) is 3. The van der Waals surface area contributed by atoms with Gasteiger partial charge in [0.25, 0.3) is 11.8 Å². The van der Waals surface area contributed by atoms with Crippen LogP contribution >= 0.6 is 0 Å². The normalized spacial score (nSPS) is 13.4. The Morgan fingerprint density at radius 3 is 2.50 bits per heavy atom. The van der Waals surface area contributed by atoms with Crippen molar-refractivity contribution in [3.05, 3.63) is 83.3 Å². The van der Waals surface area contributed by atoms with E-state index in [1.54, 1.807) is 42.7 Å². The van der Waals surface area contributed by atoms with Gasteiger partial charge in [-0.2, -0.15) is 0 Å². The van der Waals surface area contributed by atoms with Crippen molar-refractivity contribution in [2.24, 2.45) is 0 Å². The summed E-state index contributed by atoms with van der Waals surface area (Å²) in [6.07, 6.45) is 4.63. The molecule has 0 spiro atoms. The van der Waals surface area contributed by atoms with Crippen LogP contribution in [0.25, 0.3) is 21.7 Å². The Bertz CT molecular complexity index is 1330. The Morgan fingerprint density at radius 2 is 1.71 bits per heavy atom. The molecule has 1 aliphatic heterocycles. The molecule has 2 amide bonds. The highest BCUT2D eigenvalue weighted by molar-refractivity contribution is 6.35. The first kappa shape index (κ1) is 16.3. The van der Waals surface area contributed by atoms with E-state index in [0.29, 0.717) is 22.0 Å². The number of aromatic nitrogens is 2. The third-order valence-electron chi connectivity index (χ3n) is 5.10. The Hall–Kier alpha value is -3.93. The molecule has 0 fully saturated rings. The number of fused-ring (bicyclic) bond motifs is 2. The second kappa shape index (κ2) is 5.79. The molecule has 0 aliphatic carbocycles. The van der Waals surface area contributed by atoms with Crippen LogP contribution in [-0.2, 0) is 0 Å². The van der Waals surface area contributed by atoms with Crippen molar-refractivity contribution in [2.45, 2.75) is 0 Å². The minimum absolute atomic E-state index is 0.202. The molecule has 134 valence electrons. The number of hydrogen-bond acceptors (Lipinski definition) is 5. The van der Waals surface area contributed by atoms with E-state index in [1.165, 1.54) is 13.2 Å². The van der Waals surface area contributed by atoms with Crippen LogP contribution in [0.1, 0.15) is 36.6 Å². The maximum atomic E-state index is 13.4. The van der Waals surface area contributed by atoms with Crippen molar-refractivity contribution in [1.29, 1.82) is 0 Å². The minimum Gasteiger partial charge on any atom is -0.288 e. The summed E-state index contributed by atoms with van der Waals surface area (Å²) in [4.78, 5) is 48.7. The third-order valence-corrected chi connectivity index (χ3v) is 5.10. The first-order valence-electron chi connectivity index (χ1n) is 8.70. The molecule has 4 aromatic rings. The molecule has 0 saturated carbocycles. The predicted molar refractivity (Wildman–Crippen MR) is 103 cm³/mol. The summed E-state index contributed by atoms with van der Waals surface area (Å²) in [6, 6.07) is 12.2. The highest BCUT2D eigenvalue weighted by Crippen LogP contribution is 2.38. The van der Waals surface area contributed by atoms with Crippen LogP contribution in [0.4, 0.5) is 0 Å². The van der Waals surface area contributed by atoms with Gasteiger partial charge in [0.2, 0.25) is 0 Å². The second-order valence-electron chi connectivity index (χ2n) is 6.62. The van der Waals surface area contributed by atoms with E-state index in [0.717, 1.165) is 15.7 Å². The molecular weight excluding hydrogens is 354 g/mol. The van der Waals surface area contributed by atoms with Gasteiger partial charge in [0.1, 0.15) is 0 Å². The van der Waals surface area contributed by atoms with Crippen LogP contribution in [0.3, 0.4) is 0 Å². The van der Waals surface area contributed by atoms with Gasteiger partial charge < -0.3 is 0 Å². The van der Waals surface area contributed by atoms with Crippen molar-refractivity contribution in [3.63, 3.8) is 0 Å². The molecule has 0 unspecified atom stereocenters. The maximum absolute atomic E-state index is 13.4. The zero-order chi connectivity index (χ0) is 19.4. The van der Waals surface area contributed by atoms with Gasteiger partial charge in [-0.15, -0.1) is 0 Å². The number of benzene rings is 2. The fourth-order valence-corrected chi connectivity index (χ4v) is 3.81. The van der Waals surface area contributed by atoms with E-state index >= 15 is 0 Å². The van der Waals surface area contributed by atoms with Crippen molar-refractivity contribution in [2.75, 3.05) is 7.05 Å². The Morgan fingerprint density at radius 1 is 0.929 bits per heavy atom. The smallest absolute Gasteiger partial charge is 0.261 e. The number of amides is 2. The standard InChI is InChI=1S/C22H13N3O3/c1-25-21(27)15-7-2-6-13-14-8-4-10-24-19(14)18(17(16(13)15)22(25)28)20(26)12-5-3-9-23-11-12/h2-11H,1H3. The monoisotopic (exact) mass is 367 g/mol. The fraction of sp³-hybridized carbons (Fsp3) is 0.0455. The van der Waals surface area contributed by atoms with E-state index in [4.69, 9.17) is 0 Å². The molecule has 2 aromatic heterocycles. The molecule has 0 bridgehead atoms. The molecule has 2 aromatic carbocycles. The van der Waals surface area contributed by atoms with Gasteiger partial charge in [0.15, 0.2) is 5.78 Å². The molecule has 6 nitrogen and oxygen atoms in total. The maximum Gasteiger partial charge on any atom is 0.261 e. The summed E-state index contributed by atoms with van der Waals surface area (Å²) >= 11 is 0. The van der Waals surface area contributed by atoms with E-state index in [2.05, 4.69) is 9.97 Å². The summed E-state index contributed by atoms with van der Waals surface area (Å²) in [5.41, 5.74) is 1.61.